The monoisotopic (exact) mass is 303 g/mol. The maximum atomic E-state index is 12.8. The van der Waals surface area contributed by atoms with Gasteiger partial charge in [-0.2, -0.15) is 13.2 Å². The van der Waals surface area contributed by atoms with Crippen molar-refractivity contribution in [2.75, 3.05) is 13.1 Å². The quantitative estimate of drug-likeness (QED) is 0.878. The highest BCUT2D eigenvalue weighted by Crippen LogP contribution is 2.32. The number of benzene rings is 1. The summed E-state index contributed by atoms with van der Waals surface area (Å²) in [5, 5.41) is 8.59. The Morgan fingerprint density at radius 3 is 2.38 bits per heavy atom. The first-order chi connectivity index (χ1) is 9.75. The molecule has 1 rings (SSSR count). The van der Waals surface area contributed by atoms with Crippen molar-refractivity contribution in [2.24, 2.45) is 0 Å². The lowest BCUT2D eigenvalue weighted by atomic mass is 10.0. The summed E-state index contributed by atoms with van der Waals surface area (Å²) >= 11 is 0. The van der Waals surface area contributed by atoms with Crippen LogP contribution in [0.25, 0.3) is 0 Å². The molecule has 4 nitrogen and oxygen atoms in total. The average Bonchev–Trinajstić information content (AvgIpc) is 2.38. The van der Waals surface area contributed by atoms with E-state index in [1.165, 1.54) is 23.1 Å². The van der Waals surface area contributed by atoms with Crippen molar-refractivity contribution in [1.29, 1.82) is 0 Å². The summed E-state index contributed by atoms with van der Waals surface area (Å²) in [4.78, 5) is 23.7. The molecule has 0 fully saturated rings. The molecule has 116 valence electrons. The fourth-order valence-electron chi connectivity index (χ4n) is 1.92. The van der Waals surface area contributed by atoms with Crippen LogP contribution in [0.2, 0.25) is 0 Å². The average molecular weight is 303 g/mol. The SMILES string of the molecule is CCN(CCC(=O)O)C(=O)Cc1ccccc1C(F)(F)F. The van der Waals surface area contributed by atoms with Crippen molar-refractivity contribution in [2.45, 2.75) is 25.9 Å². The van der Waals surface area contributed by atoms with Crippen LogP contribution in [0.1, 0.15) is 24.5 Å². The highest BCUT2D eigenvalue weighted by Gasteiger charge is 2.33. The molecule has 0 unspecified atom stereocenters. The lowest BCUT2D eigenvalue weighted by Gasteiger charge is -2.21. The van der Waals surface area contributed by atoms with Crippen molar-refractivity contribution >= 4 is 11.9 Å². The molecule has 0 aliphatic heterocycles. The predicted octanol–water partition coefficient (Wildman–Crippen LogP) is 2.57. The Bertz CT molecular complexity index is 514. The first kappa shape index (κ1) is 17.0. The molecule has 0 aromatic heterocycles. The molecule has 0 bridgehead atoms. The van der Waals surface area contributed by atoms with E-state index in [-0.39, 0.29) is 25.1 Å². The first-order valence-electron chi connectivity index (χ1n) is 6.40. The Morgan fingerprint density at radius 1 is 1.24 bits per heavy atom. The number of carboxylic acid groups (broad SMARTS) is 1. The molecular weight excluding hydrogens is 287 g/mol. The minimum Gasteiger partial charge on any atom is -0.481 e. The summed E-state index contributed by atoms with van der Waals surface area (Å²) in [6.07, 6.45) is -5.15. The highest BCUT2D eigenvalue weighted by atomic mass is 19.4. The molecule has 1 aromatic carbocycles. The number of likely N-dealkylation sites (N-methyl/N-ethyl adjacent to an activating group) is 1. The van der Waals surface area contributed by atoms with Crippen LogP contribution < -0.4 is 0 Å². The number of halogens is 3. The molecule has 21 heavy (non-hydrogen) atoms. The maximum absolute atomic E-state index is 12.8. The topological polar surface area (TPSA) is 57.6 Å². The minimum atomic E-state index is -4.52. The van der Waals surface area contributed by atoms with Crippen LogP contribution >= 0.6 is 0 Å². The summed E-state index contributed by atoms with van der Waals surface area (Å²) in [6.45, 7) is 1.88. The van der Waals surface area contributed by atoms with Gasteiger partial charge in [0.2, 0.25) is 5.91 Å². The molecule has 0 atom stereocenters. The van der Waals surface area contributed by atoms with Gasteiger partial charge in [0.15, 0.2) is 0 Å². The summed E-state index contributed by atoms with van der Waals surface area (Å²) in [7, 11) is 0. The van der Waals surface area contributed by atoms with Gasteiger partial charge >= 0.3 is 12.1 Å². The molecule has 0 saturated heterocycles. The van der Waals surface area contributed by atoms with E-state index in [2.05, 4.69) is 0 Å². The van der Waals surface area contributed by atoms with Gasteiger partial charge in [-0.3, -0.25) is 9.59 Å². The van der Waals surface area contributed by atoms with E-state index in [4.69, 9.17) is 5.11 Å². The van der Waals surface area contributed by atoms with E-state index in [1.807, 2.05) is 0 Å². The van der Waals surface area contributed by atoms with Gasteiger partial charge in [0.25, 0.3) is 0 Å². The van der Waals surface area contributed by atoms with Gasteiger partial charge in [0.05, 0.1) is 18.4 Å². The zero-order chi connectivity index (χ0) is 16.0. The van der Waals surface area contributed by atoms with Crippen LogP contribution in [0.3, 0.4) is 0 Å². The number of rotatable bonds is 6. The molecular formula is C14H16F3NO3. The Labute approximate surface area is 120 Å². The summed E-state index contributed by atoms with van der Waals surface area (Å²) < 4.78 is 38.5. The second-order valence-corrected chi connectivity index (χ2v) is 4.45. The minimum absolute atomic E-state index is 0.0150. The molecule has 0 aliphatic carbocycles. The maximum Gasteiger partial charge on any atom is 0.416 e. The number of nitrogens with zero attached hydrogens (tertiary/aromatic N) is 1. The lowest BCUT2D eigenvalue weighted by Crippen LogP contribution is -2.34. The van der Waals surface area contributed by atoms with Crippen LogP contribution in [0, 0.1) is 0 Å². The molecule has 0 heterocycles. The third-order valence-electron chi connectivity index (χ3n) is 2.99. The molecule has 1 aromatic rings. The van der Waals surface area contributed by atoms with Gasteiger partial charge in [0.1, 0.15) is 0 Å². The van der Waals surface area contributed by atoms with Crippen molar-refractivity contribution < 1.29 is 27.9 Å². The Morgan fingerprint density at radius 2 is 1.86 bits per heavy atom. The molecule has 0 saturated carbocycles. The lowest BCUT2D eigenvalue weighted by molar-refractivity contribution is -0.138. The van der Waals surface area contributed by atoms with Crippen molar-refractivity contribution in [1.82, 2.24) is 4.90 Å². The summed E-state index contributed by atoms with van der Waals surface area (Å²) in [6, 6.07) is 4.88. The number of carbonyl (C=O) groups is 2. The van der Waals surface area contributed by atoms with E-state index in [9.17, 15) is 22.8 Å². The second-order valence-electron chi connectivity index (χ2n) is 4.45. The number of carboxylic acids is 1. The van der Waals surface area contributed by atoms with E-state index >= 15 is 0 Å². The molecule has 0 aliphatic rings. The fraction of sp³-hybridized carbons (Fsp3) is 0.429. The van der Waals surface area contributed by atoms with Crippen LogP contribution in [0.5, 0.6) is 0 Å². The van der Waals surface area contributed by atoms with Gasteiger partial charge in [-0.05, 0) is 18.6 Å². The zero-order valence-corrected chi connectivity index (χ0v) is 11.5. The number of alkyl halides is 3. The first-order valence-corrected chi connectivity index (χ1v) is 6.40. The number of aliphatic carboxylic acids is 1. The van der Waals surface area contributed by atoms with E-state index in [1.54, 1.807) is 6.92 Å². The molecule has 7 heteroatoms. The van der Waals surface area contributed by atoms with Gasteiger partial charge in [0, 0.05) is 13.1 Å². The van der Waals surface area contributed by atoms with Gasteiger partial charge in [-0.15, -0.1) is 0 Å². The van der Waals surface area contributed by atoms with Gasteiger partial charge in [-0.1, -0.05) is 18.2 Å². The standard InChI is InChI=1S/C14H16F3NO3/c1-2-18(8-7-13(20)21)12(19)9-10-5-3-4-6-11(10)14(15,16)17/h3-6H,2,7-9H2,1H3,(H,20,21). The van der Waals surface area contributed by atoms with Crippen molar-refractivity contribution in [3.8, 4) is 0 Å². The second kappa shape index (κ2) is 7.10. The Hall–Kier alpha value is -2.05. The van der Waals surface area contributed by atoms with Crippen LogP contribution in [0.4, 0.5) is 13.2 Å². The number of hydrogen-bond donors (Lipinski definition) is 1. The van der Waals surface area contributed by atoms with Crippen molar-refractivity contribution in [3.63, 3.8) is 0 Å². The largest absolute Gasteiger partial charge is 0.481 e. The normalized spacial score (nSPS) is 11.2. The van der Waals surface area contributed by atoms with E-state index in [0.717, 1.165) is 6.07 Å². The van der Waals surface area contributed by atoms with E-state index < -0.39 is 30.0 Å². The van der Waals surface area contributed by atoms with E-state index in [0.29, 0.717) is 0 Å². The number of carbonyl (C=O) groups excluding carboxylic acids is 1. The highest BCUT2D eigenvalue weighted by molar-refractivity contribution is 5.79. The molecule has 1 N–H and O–H groups in total. The number of amides is 1. The number of hydrogen-bond acceptors (Lipinski definition) is 2. The molecule has 0 radical (unpaired) electrons. The van der Waals surface area contributed by atoms with Crippen molar-refractivity contribution in [3.05, 3.63) is 35.4 Å². The Balaban J connectivity index is 2.85. The molecule has 0 spiro atoms. The summed E-state index contributed by atoms with van der Waals surface area (Å²) in [5.41, 5.74) is -0.948. The van der Waals surface area contributed by atoms with Crippen LogP contribution in [-0.4, -0.2) is 35.0 Å². The third kappa shape index (κ3) is 5.09. The fourth-order valence-corrected chi connectivity index (χ4v) is 1.92. The smallest absolute Gasteiger partial charge is 0.416 e. The zero-order valence-electron chi connectivity index (χ0n) is 11.5. The van der Waals surface area contributed by atoms with Crippen LogP contribution in [0.15, 0.2) is 24.3 Å². The third-order valence-corrected chi connectivity index (χ3v) is 2.99. The summed E-state index contributed by atoms with van der Waals surface area (Å²) in [5.74, 6) is -1.58. The Kier molecular flexibility index (Phi) is 5.75. The predicted molar refractivity (Wildman–Crippen MR) is 69.7 cm³/mol. The molecule has 1 amide bonds. The van der Waals surface area contributed by atoms with Gasteiger partial charge < -0.3 is 10.0 Å². The van der Waals surface area contributed by atoms with Crippen LogP contribution in [-0.2, 0) is 22.2 Å². The van der Waals surface area contributed by atoms with Gasteiger partial charge in [-0.25, -0.2) is 0 Å².